The van der Waals surface area contributed by atoms with Gasteiger partial charge in [0.1, 0.15) is 0 Å². The first-order valence-electron chi connectivity index (χ1n) is 5.53. The second-order valence-corrected chi connectivity index (χ2v) is 4.51. The summed E-state index contributed by atoms with van der Waals surface area (Å²) in [6.45, 7) is 4.23. The molecule has 16 heavy (non-hydrogen) atoms. The normalized spacial score (nSPS) is 20.9. The van der Waals surface area contributed by atoms with E-state index in [9.17, 15) is 0 Å². The Morgan fingerprint density at radius 2 is 2.19 bits per heavy atom. The molecule has 1 aliphatic heterocycles. The maximum absolute atomic E-state index is 5.86. The largest absolute Gasteiger partial charge is 0.357 e. The smallest absolute Gasteiger partial charge is 0.231 e. The topological polar surface area (TPSA) is 53.9 Å². The van der Waals surface area contributed by atoms with Gasteiger partial charge in [0.25, 0.3) is 0 Å². The molecule has 1 saturated heterocycles. The van der Waals surface area contributed by atoms with Crippen LogP contribution in [0.3, 0.4) is 0 Å². The van der Waals surface area contributed by atoms with Gasteiger partial charge in [0, 0.05) is 20.1 Å². The molecule has 1 aromatic heterocycles. The van der Waals surface area contributed by atoms with Crippen molar-refractivity contribution in [1.29, 1.82) is 0 Å². The van der Waals surface area contributed by atoms with E-state index in [1.807, 2.05) is 0 Å². The average Bonchev–Trinajstić information content (AvgIpc) is 2.28. The van der Waals surface area contributed by atoms with E-state index >= 15 is 0 Å². The Kier molecular flexibility index (Phi) is 3.43. The molecule has 2 rings (SSSR count). The number of piperidine rings is 1. The molecule has 1 aromatic rings. The van der Waals surface area contributed by atoms with E-state index < -0.39 is 0 Å². The van der Waals surface area contributed by atoms with Gasteiger partial charge >= 0.3 is 0 Å². The maximum atomic E-state index is 5.86. The molecule has 1 unspecified atom stereocenters. The van der Waals surface area contributed by atoms with Gasteiger partial charge in [0.15, 0.2) is 0 Å². The Labute approximate surface area is 100 Å². The summed E-state index contributed by atoms with van der Waals surface area (Å²) in [6, 6.07) is 0. The zero-order valence-corrected chi connectivity index (χ0v) is 10.3. The number of hydrogen-bond acceptors (Lipinski definition) is 5. The van der Waals surface area contributed by atoms with Gasteiger partial charge in [-0.1, -0.05) is 6.92 Å². The summed E-state index contributed by atoms with van der Waals surface area (Å²) in [6.07, 6.45) is 2.45. The van der Waals surface area contributed by atoms with E-state index in [1.54, 1.807) is 7.05 Å². The molecule has 0 radical (unpaired) electrons. The van der Waals surface area contributed by atoms with Gasteiger partial charge in [-0.25, -0.2) is 0 Å². The molecule has 2 heterocycles. The fraction of sp³-hybridized carbons (Fsp3) is 0.700. The van der Waals surface area contributed by atoms with Crippen molar-refractivity contribution in [2.24, 2.45) is 5.92 Å². The summed E-state index contributed by atoms with van der Waals surface area (Å²) in [5, 5.41) is 3.13. The van der Waals surface area contributed by atoms with E-state index in [4.69, 9.17) is 11.6 Å². The number of aromatic nitrogens is 3. The third-order valence-electron chi connectivity index (χ3n) is 2.76. The van der Waals surface area contributed by atoms with Gasteiger partial charge < -0.3 is 10.2 Å². The summed E-state index contributed by atoms with van der Waals surface area (Å²) in [5.41, 5.74) is 0. The molecule has 0 spiro atoms. The maximum Gasteiger partial charge on any atom is 0.231 e. The molecule has 5 nitrogen and oxygen atoms in total. The van der Waals surface area contributed by atoms with Crippen LogP contribution in [0.4, 0.5) is 11.9 Å². The minimum atomic E-state index is 0.243. The monoisotopic (exact) mass is 241 g/mol. The summed E-state index contributed by atoms with van der Waals surface area (Å²) in [7, 11) is 1.77. The van der Waals surface area contributed by atoms with Gasteiger partial charge in [-0.3, -0.25) is 0 Å². The quantitative estimate of drug-likeness (QED) is 0.856. The predicted molar refractivity (Wildman–Crippen MR) is 65.0 cm³/mol. The van der Waals surface area contributed by atoms with E-state index in [0.717, 1.165) is 13.1 Å². The minimum Gasteiger partial charge on any atom is -0.357 e. The highest BCUT2D eigenvalue weighted by atomic mass is 35.5. The Morgan fingerprint density at radius 1 is 1.38 bits per heavy atom. The first kappa shape index (κ1) is 11.4. The van der Waals surface area contributed by atoms with Crippen LogP contribution in [0.25, 0.3) is 0 Å². The second-order valence-electron chi connectivity index (χ2n) is 4.17. The molecule has 6 heteroatoms. The molecule has 1 aliphatic rings. The lowest BCUT2D eigenvalue weighted by atomic mass is 10.0. The summed E-state index contributed by atoms with van der Waals surface area (Å²) >= 11 is 5.86. The Hall–Kier alpha value is -1.10. The Balaban J connectivity index is 2.21. The lowest BCUT2D eigenvalue weighted by Gasteiger charge is -2.30. The number of nitrogens with one attached hydrogen (secondary N) is 1. The van der Waals surface area contributed by atoms with E-state index in [2.05, 4.69) is 32.1 Å². The fourth-order valence-electron chi connectivity index (χ4n) is 1.96. The van der Waals surface area contributed by atoms with Crippen molar-refractivity contribution in [3.63, 3.8) is 0 Å². The van der Waals surface area contributed by atoms with Crippen LogP contribution in [0.5, 0.6) is 0 Å². The van der Waals surface area contributed by atoms with Crippen molar-refractivity contribution < 1.29 is 0 Å². The van der Waals surface area contributed by atoms with Crippen LogP contribution < -0.4 is 10.2 Å². The molecule has 1 N–H and O–H groups in total. The van der Waals surface area contributed by atoms with Crippen molar-refractivity contribution >= 4 is 23.5 Å². The molecule has 0 saturated carbocycles. The third kappa shape index (κ3) is 2.52. The van der Waals surface area contributed by atoms with Crippen molar-refractivity contribution in [1.82, 2.24) is 15.0 Å². The van der Waals surface area contributed by atoms with Gasteiger partial charge in [-0.15, -0.1) is 0 Å². The molecule has 0 aromatic carbocycles. The highest BCUT2D eigenvalue weighted by Gasteiger charge is 2.19. The zero-order chi connectivity index (χ0) is 11.5. The number of hydrogen-bond donors (Lipinski definition) is 1. The van der Waals surface area contributed by atoms with E-state index in [-0.39, 0.29) is 5.28 Å². The van der Waals surface area contributed by atoms with Crippen LogP contribution in [-0.2, 0) is 0 Å². The second kappa shape index (κ2) is 4.82. The first-order chi connectivity index (χ1) is 7.69. The van der Waals surface area contributed by atoms with Crippen LogP contribution in [0.2, 0.25) is 5.28 Å². The van der Waals surface area contributed by atoms with E-state index in [0.29, 0.717) is 17.8 Å². The third-order valence-corrected chi connectivity index (χ3v) is 2.93. The van der Waals surface area contributed by atoms with Crippen LogP contribution in [0.15, 0.2) is 0 Å². The van der Waals surface area contributed by atoms with E-state index in [1.165, 1.54) is 12.8 Å². The highest BCUT2D eigenvalue weighted by molar-refractivity contribution is 6.28. The highest BCUT2D eigenvalue weighted by Crippen LogP contribution is 2.21. The number of rotatable bonds is 2. The Bertz CT molecular complexity index is 370. The van der Waals surface area contributed by atoms with Crippen molar-refractivity contribution in [2.75, 3.05) is 30.4 Å². The molecule has 0 bridgehead atoms. The van der Waals surface area contributed by atoms with Gasteiger partial charge in [0.05, 0.1) is 0 Å². The lowest BCUT2D eigenvalue weighted by molar-refractivity contribution is 0.442. The number of anilines is 2. The number of halogens is 1. The zero-order valence-electron chi connectivity index (χ0n) is 9.57. The summed E-state index contributed by atoms with van der Waals surface area (Å²) < 4.78 is 0. The van der Waals surface area contributed by atoms with Gasteiger partial charge in [-0.05, 0) is 30.4 Å². The van der Waals surface area contributed by atoms with Crippen LogP contribution in [0, 0.1) is 5.92 Å². The van der Waals surface area contributed by atoms with Crippen LogP contribution >= 0.6 is 11.6 Å². The van der Waals surface area contributed by atoms with Crippen molar-refractivity contribution in [2.45, 2.75) is 19.8 Å². The lowest BCUT2D eigenvalue weighted by Crippen LogP contribution is -2.35. The fourth-order valence-corrected chi connectivity index (χ4v) is 2.12. The summed E-state index contributed by atoms with van der Waals surface area (Å²) in [5.74, 6) is 1.88. The van der Waals surface area contributed by atoms with Crippen LogP contribution in [-0.4, -0.2) is 35.1 Å². The first-order valence-corrected chi connectivity index (χ1v) is 5.91. The minimum absolute atomic E-state index is 0.243. The molecule has 1 atom stereocenters. The molecule has 88 valence electrons. The predicted octanol–water partition coefficient (Wildman–Crippen LogP) is 1.80. The van der Waals surface area contributed by atoms with Crippen molar-refractivity contribution in [3.05, 3.63) is 5.28 Å². The Morgan fingerprint density at radius 3 is 2.88 bits per heavy atom. The molecular formula is C10H16ClN5. The molecular weight excluding hydrogens is 226 g/mol. The molecule has 1 fully saturated rings. The standard InChI is InChI=1S/C10H16ClN5/c1-7-4-3-5-16(6-7)10-14-8(11)13-9(12-2)15-10/h7H,3-6H2,1-2H3,(H,12,13,14,15). The van der Waals surface area contributed by atoms with Crippen LogP contribution in [0.1, 0.15) is 19.8 Å². The van der Waals surface area contributed by atoms with Crippen molar-refractivity contribution in [3.8, 4) is 0 Å². The summed E-state index contributed by atoms with van der Waals surface area (Å²) in [4.78, 5) is 14.6. The average molecular weight is 242 g/mol. The number of nitrogens with zero attached hydrogens (tertiary/aromatic N) is 4. The molecule has 0 amide bonds. The van der Waals surface area contributed by atoms with Gasteiger partial charge in [0.2, 0.25) is 17.2 Å². The van der Waals surface area contributed by atoms with Gasteiger partial charge in [-0.2, -0.15) is 15.0 Å². The SMILES string of the molecule is CNc1nc(Cl)nc(N2CCCC(C)C2)n1. The molecule has 0 aliphatic carbocycles.